The lowest BCUT2D eigenvalue weighted by molar-refractivity contribution is -0.152. The normalized spacial score (nSPS) is 20.9. The number of rotatable bonds is 5. The van der Waals surface area contributed by atoms with Gasteiger partial charge in [0.2, 0.25) is 5.91 Å². The van der Waals surface area contributed by atoms with Gasteiger partial charge >= 0.3 is 0 Å². The van der Waals surface area contributed by atoms with Crippen molar-refractivity contribution in [2.45, 2.75) is 19.1 Å². The van der Waals surface area contributed by atoms with Crippen LogP contribution in [0.2, 0.25) is 0 Å². The summed E-state index contributed by atoms with van der Waals surface area (Å²) in [5.41, 5.74) is 3.15. The Morgan fingerprint density at radius 1 is 1.42 bits per heavy atom. The van der Waals surface area contributed by atoms with Crippen LogP contribution >= 0.6 is 0 Å². The summed E-state index contributed by atoms with van der Waals surface area (Å²) in [4.78, 5) is 28.0. The molecule has 0 saturated carbocycles. The van der Waals surface area contributed by atoms with Gasteiger partial charge in [-0.3, -0.25) is 14.4 Å². The first-order valence-corrected chi connectivity index (χ1v) is 5.85. The molecule has 1 saturated heterocycles. The van der Waals surface area contributed by atoms with E-state index in [0.29, 0.717) is 0 Å². The average molecular weight is 259 g/mol. The largest absolute Gasteiger partial charge is 0.350 e. The predicted octanol–water partition coefficient (Wildman–Crippen LogP) is 0.263. The van der Waals surface area contributed by atoms with Crippen molar-refractivity contribution >= 4 is 11.8 Å². The molecule has 2 amide bonds. The van der Waals surface area contributed by atoms with Gasteiger partial charge in [-0.25, -0.2) is 5.48 Å². The summed E-state index contributed by atoms with van der Waals surface area (Å²) in [7, 11) is 0. The number of nitrogens with one attached hydrogen (secondary N) is 2. The van der Waals surface area contributed by atoms with Crippen molar-refractivity contribution in [3.05, 3.63) is 35.9 Å². The van der Waals surface area contributed by atoms with Gasteiger partial charge in [0.05, 0.1) is 25.1 Å². The van der Waals surface area contributed by atoms with Gasteiger partial charge in [-0.1, -0.05) is 30.3 Å². The minimum absolute atomic E-state index is 0.114. The Labute approximate surface area is 110 Å². The Morgan fingerprint density at radius 3 is 2.79 bits per heavy atom. The molecule has 1 heterocycles. The minimum atomic E-state index is -0.838. The van der Waals surface area contributed by atoms with E-state index in [4.69, 9.17) is 10.1 Å². The zero-order chi connectivity index (χ0) is 13.7. The maximum absolute atomic E-state index is 11.7. The summed E-state index contributed by atoms with van der Waals surface area (Å²) < 4.78 is 0. The minimum Gasteiger partial charge on any atom is -0.350 e. The molecule has 19 heavy (non-hydrogen) atoms. The summed E-state index contributed by atoms with van der Waals surface area (Å²) in [5, 5.41) is 11.1. The van der Waals surface area contributed by atoms with Crippen LogP contribution in [0.1, 0.15) is 12.0 Å². The van der Waals surface area contributed by atoms with Gasteiger partial charge in [0.15, 0.2) is 0 Å². The van der Waals surface area contributed by atoms with E-state index in [1.54, 1.807) is 0 Å². The Bertz CT molecular complexity index is 510. The van der Waals surface area contributed by atoms with Crippen LogP contribution in [0.15, 0.2) is 30.3 Å². The lowest BCUT2D eigenvalue weighted by atomic mass is 9.88. The van der Waals surface area contributed by atoms with Crippen LogP contribution in [0.3, 0.4) is 0 Å². The standard InChI is InChI=1S/C13H13N3O3/c14-7-6-10-11(12(17)15-10)13(18)16-19-8-9-4-2-1-3-5-9/h1-5,10-11H,6,8H2,(H,15,17)(H,16,18). The van der Waals surface area contributed by atoms with E-state index in [1.165, 1.54) is 0 Å². The molecular formula is C13H13N3O3. The summed E-state index contributed by atoms with van der Waals surface area (Å²) in [5.74, 6) is -1.73. The van der Waals surface area contributed by atoms with Gasteiger partial charge in [-0.05, 0) is 5.56 Å². The zero-order valence-corrected chi connectivity index (χ0v) is 10.1. The van der Waals surface area contributed by atoms with Crippen LogP contribution in [0.4, 0.5) is 0 Å². The second-order valence-electron chi connectivity index (χ2n) is 4.20. The predicted molar refractivity (Wildman–Crippen MR) is 65.0 cm³/mol. The quantitative estimate of drug-likeness (QED) is 0.451. The van der Waals surface area contributed by atoms with Gasteiger partial charge < -0.3 is 5.32 Å². The van der Waals surface area contributed by atoms with E-state index in [2.05, 4.69) is 10.8 Å². The highest BCUT2D eigenvalue weighted by molar-refractivity contribution is 6.05. The molecule has 1 aliphatic rings. The smallest absolute Gasteiger partial charge is 0.258 e. The monoisotopic (exact) mass is 259 g/mol. The molecule has 6 heteroatoms. The Morgan fingerprint density at radius 2 is 2.16 bits per heavy atom. The van der Waals surface area contributed by atoms with Gasteiger partial charge in [0, 0.05) is 0 Å². The average Bonchev–Trinajstić information content (AvgIpc) is 2.39. The third-order valence-electron chi connectivity index (χ3n) is 2.86. The van der Waals surface area contributed by atoms with E-state index < -0.39 is 17.9 Å². The Balaban J connectivity index is 1.78. The summed E-state index contributed by atoms with van der Waals surface area (Å²) in [6.45, 7) is 0.226. The SMILES string of the molecule is N#CCC1NC(=O)C1C(=O)NOCc1ccccc1. The fourth-order valence-electron chi connectivity index (χ4n) is 1.84. The van der Waals surface area contributed by atoms with Crippen LogP contribution in [0, 0.1) is 17.2 Å². The third kappa shape index (κ3) is 3.09. The number of hydrogen-bond donors (Lipinski definition) is 2. The first kappa shape index (κ1) is 13.1. The van der Waals surface area contributed by atoms with Crippen molar-refractivity contribution in [2.75, 3.05) is 0 Å². The molecule has 1 fully saturated rings. The van der Waals surface area contributed by atoms with Crippen molar-refractivity contribution in [3.8, 4) is 6.07 Å². The number of benzene rings is 1. The number of hydrogen-bond acceptors (Lipinski definition) is 4. The molecule has 2 N–H and O–H groups in total. The number of nitrogens with zero attached hydrogens (tertiary/aromatic N) is 1. The molecule has 1 aliphatic heterocycles. The molecule has 0 radical (unpaired) electrons. The molecule has 0 aliphatic carbocycles. The molecule has 0 bridgehead atoms. The number of amides is 2. The molecule has 1 aromatic carbocycles. The molecule has 0 aromatic heterocycles. The first-order valence-electron chi connectivity index (χ1n) is 5.85. The van der Waals surface area contributed by atoms with E-state index in [0.717, 1.165) is 5.56 Å². The number of carbonyl (C=O) groups excluding carboxylic acids is 2. The van der Waals surface area contributed by atoms with Crippen LogP contribution in [0.25, 0.3) is 0 Å². The van der Waals surface area contributed by atoms with Crippen LogP contribution in [-0.2, 0) is 21.0 Å². The Hall–Kier alpha value is -2.39. The number of carbonyl (C=O) groups is 2. The second-order valence-corrected chi connectivity index (χ2v) is 4.20. The summed E-state index contributed by atoms with van der Waals surface area (Å²) in [6, 6.07) is 10.8. The van der Waals surface area contributed by atoms with E-state index >= 15 is 0 Å². The topological polar surface area (TPSA) is 91.2 Å². The molecule has 98 valence electrons. The zero-order valence-electron chi connectivity index (χ0n) is 10.1. The fourth-order valence-corrected chi connectivity index (χ4v) is 1.84. The van der Waals surface area contributed by atoms with Crippen molar-refractivity contribution in [3.63, 3.8) is 0 Å². The molecular weight excluding hydrogens is 246 g/mol. The van der Waals surface area contributed by atoms with Crippen LogP contribution in [-0.4, -0.2) is 17.9 Å². The third-order valence-corrected chi connectivity index (χ3v) is 2.86. The lowest BCUT2D eigenvalue weighted by Crippen LogP contribution is -2.63. The van der Waals surface area contributed by atoms with Crippen LogP contribution < -0.4 is 10.8 Å². The number of β-lactam (4-membered cyclic amide) rings is 1. The van der Waals surface area contributed by atoms with E-state index in [-0.39, 0.29) is 18.9 Å². The molecule has 6 nitrogen and oxygen atoms in total. The number of nitriles is 1. The summed E-state index contributed by atoms with van der Waals surface area (Å²) >= 11 is 0. The van der Waals surface area contributed by atoms with Gasteiger partial charge in [0.1, 0.15) is 5.92 Å². The molecule has 0 spiro atoms. The highest BCUT2D eigenvalue weighted by Gasteiger charge is 2.44. The van der Waals surface area contributed by atoms with Gasteiger partial charge in [-0.2, -0.15) is 5.26 Å². The molecule has 2 unspecified atom stereocenters. The van der Waals surface area contributed by atoms with Crippen molar-refractivity contribution in [2.24, 2.45) is 5.92 Å². The molecule has 2 atom stereocenters. The van der Waals surface area contributed by atoms with Crippen molar-refractivity contribution in [1.82, 2.24) is 10.8 Å². The highest BCUT2D eigenvalue weighted by atomic mass is 16.6. The Kier molecular flexibility index (Phi) is 4.11. The van der Waals surface area contributed by atoms with Gasteiger partial charge in [0.25, 0.3) is 5.91 Å². The summed E-state index contributed by atoms with van der Waals surface area (Å²) in [6.07, 6.45) is 0.114. The molecule has 1 aromatic rings. The van der Waals surface area contributed by atoms with Gasteiger partial charge in [-0.15, -0.1) is 0 Å². The van der Waals surface area contributed by atoms with E-state index in [1.807, 2.05) is 36.4 Å². The maximum atomic E-state index is 11.7. The second kappa shape index (κ2) is 5.98. The first-order chi connectivity index (χ1) is 9.22. The maximum Gasteiger partial charge on any atom is 0.258 e. The molecule has 2 rings (SSSR count). The van der Waals surface area contributed by atoms with Crippen molar-refractivity contribution in [1.29, 1.82) is 5.26 Å². The lowest BCUT2D eigenvalue weighted by Gasteiger charge is -2.33. The van der Waals surface area contributed by atoms with E-state index in [9.17, 15) is 9.59 Å². The fraction of sp³-hybridized carbons (Fsp3) is 0.308. The number of hydroxylamine groups is 1. The van der Waals surface area contributed by atoms with Crippen LogP contribution in [0.5, 0.6) is 0 Å². The highest BCUT2D eigenvalue weighted by Crippen LogP contribution is 2.17. The van der Waals surface area contributed by atoms with Crippen molar-refractivity contribution < 1.29 is 14.4 Å².